The third-order valence-corrected chi connectivity index (χ3v) is 19.5. The standard InChI is InChI=1S/C50H80O22/c1-19-8-11-50(64-17-19)20(2)32-28(72-50)14-26-24-7-6-22-12-23(53)13-31(49(22,5)25(24)9-10-48(26,32)4)68-46-40(62)41(36(58)30(16-52)67-46)69-47-43(71-44-38(60)34(56)27(54)18-63-44)42(33(55)21(3)65-47)70-45-39(61)37(59)35(57)29(15-51)66-45/h6,19-21,23-47,51-62H,7-18H2,1-5H3/t19-,20-,21+,23+,24?,25?,26?,27+,28?,29+,30+,31+,32?,33-,34-,35+,36+,37-,38+,39+,40+,41-,42+,43+,44+,45-,46-,47-,48-,49-,50?/m0/s1. The van der Waals surface area contributed by atoms with E-state index in [9.17, 15) is 61.3 Å². The van der Waals surface area contributed by atoms with Crippen LogP contribution in [0, 0.1) is 46.3 Å². The lowest BCUT2D eigenvalue weighted by molar-refractivity contribution is -0.401. The largest absolute Gasteiger partial charge is 0.394 e. The van der Waals surface area contributed by atoms with Crippen molar-refractivity contribution in [1.29, 1.82) is 0 Å². The summed E-state index contributed by atoms with van der Waals surface area (Å²) in [6.45, 7) is 9.22. The molecule has 412 valence electrons. The average Bonchev–Trinajstić information content (AvgIpc) is 3.80. The molecule has 6 heterocycles. The third-order valence-electron chi connectivity index (χ3n) is 19.5. The number of aliphatic hydroxyl groups excluding tert-OH is 12. The summed E-state index contributed by atoms with van der Waals surface area (Å²) in [6.07, 6.45) is -25.0. The van der Waals surface area contributed by atoms with Crippen LogP contribution in [0.1, 0.15) is 86.0 Å². The summed E-state index contributed by atoms with van der Waals surface area (Å²) in [5.74, 6) is 1.31. The Hall–Kier alpha value is -1.14. The second-order valence-electron chi connectivity index (χ2n) is 23.5. The molecule has 9 fully saturated rings. The summed E-state index contributed by atoms with van der Waals surface area (Å²) in [5, 5.41) is 131. The topological polar surface area (TPSA) is 335 Å². The first kappa shape index (κ1) is 54.2. The Morgan fingerprint density at radius 2 is 1.29 bits per heavy atom. The zero-order valence-corrected chi connectivity index (χ0v) is 41.7. The van der Waals surface area contributed by atoms with E-state index in [0.717, 1.165) is 44.1 Å². The van der Waals surface area contributed by atoms with Gasteiger partial charge >= 0.3 is 0 Å². The summed E-state index contributed by atoms with van der Waals surface area (Å²) in [5.41, 5.74) is 0.465. The van der Waals surface area contributed by atoms with Gasteiger partial charge in [-0.3, -0.25) is 0 Å². The molecule has 3 saturated carbocycles. The van der Waals surface area contributed by atoms with Crippen LogP contribution in [0.25, 0.3) is 0 Å². The highest BCUT2D eigenvalue weighted by atomic mass is 16.8. The third kappa shape index (κ3) is 8.99. The van der Waals surface area contributed by atoms with Crippen molar-refractivity contribution in [3.63, 3.8) is 0 Å². The van der Waals surface area contributed by atoms with Crippen molar-refractivity contribution in [2.24, 2.45) is 46.3 Å². The molecule has 6 saturated heterocycles. The molecule has 72 heavy (non-hydrogen) atoms. The van der Waals surface area contributed by atoms with E-state index in [0.29, 0.717) is 30.8 Å². The molecule has 22 nitrogen and oxygen atoms in total. The van der Waals surface area contributed by atoms with Crippen LogP contribution in [0.4, 0.5) is 0 Å². The second-order valence-corrected chi connectivity index (χ2v) is 23.5. The summed E-state index contributed by atoms with van der Waals surface area (Å²) >= 11 is 0. The minimum atomic E-state index is -1.94. The van der Waals surface area contributed by atoms with Crippen LogP contribution in [-0.4, -0.2) is 229 Å². The fourth-order valence-electron chi connectivity index (χ4n) is 15.3. The maximum atomic E-state index is 12.3. The summed E-state index contributed by atoms with van der Waals surface area (Å²) in [4.78, 5) is 0. The quantitative estimate of drug-likeness (QED) is 0.102. The molecule has 6 unspecified atom stereocenters. The van der Waals surface area contributed by atoms with Crippen molar-refractivity contribution < 1.29 is 109 Å². The van der Waals surface area contributed by atoms with Crippen LogP contribution < -0.4 is 0 Å². The van der Waals surface area contributed by atoms with E-state index < -0.39 is 160 Å². The second kappa shape index (κ2) is 20.6. The molecule has 10 rings (SSSR count). The molecular weight excluding hydrogens is 953 g/mol. The molecule has 0 aromatic heterocycles. The van der Waals surface area contributed by atoms with E-state index in [1.54, 1.807) is 0 Å². The highest BCUT2D eigenvalue weighted by Gasteiger charge is 2.70. The number of aliphatic hydroxyl groups is 12. The lowest BCUT2D eigenvalue weighted by atomic mass is 9.46. The van der Waals surface area contributed by atoms with Gasteiger partial charge < -0.3 is 109 Å². The van der Waals surface area contributed by atoms with Crippen molar-refractivity contribution in [2.45, 2.75) is 227 Å². The van der Waals surface area contributed by atoms with Gasteiger partial charge in [-0.05, 0) is 80.5 Å². The Bertz CT molecular complexity index is 1910. The van der Waals surface area contributed by atoms with Crippen LogP contribution in [0.5, 0.6) is 0 Å². The highest BCUT2D eigenvalue weighted by molar-refractivity contribution is 5.29. The van der Waals surface area contributed by atoms with E-state index >= 15 is 0 Å². The van der Waals surface area contributed by atoms with Crippen molar-refractivity contribution in [2.75, 3.05) is 26.4 Å². The van der Waals surface area contributed by atoms with Crippen molar-refractivity contribution in [3.05, 3.63) is 11.6 Å². The number of rotatable bonds is 10. The molecular formula is C50H80O22. The molecule has 6 aliphatic heterocycles. The molecule has 0 aromatic rings. The van der Waals surface area contributed by atoms with Crippen LogP contribution in [0.3, 0.4) is 0 Å². The Morgan fingerprint density at radius 1 is 0.625 bits per heavy atom. The van der Waals surface area contributed by atoms with Gasteiger partial charge in [0.2, 0.25) is 0 Å². The Kier molecular flexibility index (Phi) is 15.5. The minimum Gasteiger partial charge on any atom is -0.394 e. The van der Waals surface area contributed by atoms with E-state index in [1.165, 1.54) is 6.92 Å². The van der Waals surface area contributed by atoms with Crippen molar-refractivity contribution in [3.8, 4) is 0 Å². The summed E-state index contributed by atoms with van der Waals surface area (Å²) < 4.78 is 62.4. The van der Waals surface area contributed by atoms with Crippen LogP contribution in [0.2, 0.25) is 0 Å². The zero-order chi connectivity index (χ0) is 51.5. The van der Waals surface area contributed by atoms with Gasteiger partial charge in [-0.2, -0.15) is 0 Å². The molecule has 0 amide bonds. The van der Waals surface area contributed by atoms with Gasteiger partial charge in [0.15, 0.2) is 30.9 Å². The predicted octanol–water partition coefficient (Wildman–Crippen LogP) is -2.35. The fraction of sp³-hybridized carbons (Fsp3) is 0.960. The average molecular weight is 1030 g/mol. The molecule has 0 radical (unpaired) electrons. The van der Waals surface area contributed by atoms with Crippen LogP contribution >= 0.6 is 0 Å². The highest BCUT2D eigenvalue weighted by Crippen LogP contribution is 2.71. The van der Waals surface area contributed by atoms with E-state index in [-0.39, 0.29) is 35.7 Å². The molecule has 0 bridgehead atoms. The predicted molar refractivity (Wildman–Crippen MR) is 242 cm³/mol. The number of allylic oxidation sites excluding steroid dienone is 1. The SMILES string of the molecule is C[C@H]1CCC2(OC1)OC1CC3C4CC=C5C[C@@H](O)C[C@@H](O[C@@H]6O[C@H](CO)[C@@H](O)[C@H](O[C@@H]7O[C@H](C)[C@H](O)[C@@H](O[C@@H]8O[C@H](CO)[C@@H](O)[C@H](O)[C@H]8O)[C@H]7O[C@H]7OC[C@@H](O)[C@H](O)[C@H]7O)[C@H]6O)[C@]5(C)C4CC[C@]3(C)C1[C@@H]2C. The fourth-order valence-corrected chi connectivity index (χ4v) is 15.3. The molecule has 0 aromatic carbocycles. The Balaban J connectivity index is 0.905. The molecule has 12 N–H and O–H groups in total. The summed E-state index contributed by atoms with van der Waals surface area (Å²) in [7, 11) is 0. The van der Waals surface area contributed by atoms with Gasteiger partial charge in [-0.25, -0.2) is 0 Å². The normalized spacial score (nSPS) is 57.8. The first-order chi connectivity index (χ1) is 34.1. The minimum absolute atomic E-state index is 0.0164. The monoisotopic (exact) mass is 1030 g/mol. The maximum absolute atomic E-state index is 12.3. The van der Waals surface area contributed by atoms with Gasteiger partial charge in [0.05, 0.1) is 50.8 Å². The number of hydrogen-bond acceptors (Lipinski definition) is 22. The van der Waals surface area contributed by atoms with Crippen LogP contribution in [0.15, 0.2) is 11.6 Å². The summed E-state index contributed by atoms with van der Waals surface area (Å²) in [6, 6.07) is 0. The van der Waals surface area contributed by atoms with E-state index in [1.807, 2.05) is 0 Å². The molecule has 1 spiro atoms. The lowest BCUT2D eigenvalue weighted by Gasteiger charge is -2.60. The van der Waals surface area contributed by atoms with Gasteiger partial charge in [0, 0.05) is 24.2 Å². The van der Waals surface area contributed by atoms with Gasteiger partial charge in [0.1, 0.15) is 85.5 Å². The maximum Gasteiger partial charge on any atom is 0.187 e. The Labute approximate surface area is 419 Å². The van der Waals surface area contributed by atoms with Crippen LogP contribution in [-0.2, 0) is 47.4 Å². The molecule has 22 heteroatoms. The first-order valence-electron chi connectivity index (χ1n) is 26.4. The molecule has 31 atom stereocenters. The number of hydrogen-bond donors (Lipinski definition) is 12. The van der Waals surface area contributed by atoms with Gasteiger partial charge in [-0.15, -0.1) is 0 Å². The molecule has 10 aliphatic rings. The van der Waals surface area contributed by atoms with Crippen molar-refractivity contribution >= 4 is 0 Å². The zero-order valence-electron chi connectivity index (χ0n) is 41.7. The van der Waals surface area contributed by atoms with E-state index in [2.05, 4.69) is 33.8 Å². The lowest BCUT2D eigenvalue weighted by Crippen LogP contribution is -2.68. The smallest absolute Gasteiger partial charge is 0.187 e. The molecule has 4 aliphatic carbocycles. The van der Waals surface area contributed by atoms with Crippen molar-refractivity contribution in [1.82, 2.24) is 0 Å². The first-order valence-corrected chi connectivity index (χ1v) is 26.4. The number of fused-ring (bicyclic) bond motifs is 7. The van der Waals surface area contributed by atoms with Gasteiger partial charge in [0.25, 0.3) is 0 Å². The number of ether oxygens (including phenoxy) is 10. The Morgan fingerprint density at radius 3 is 1.99 bits per heavy atom. The van der Waals surface area contributed by atoms with Gasteiger partial charge in [-0.1, -0.05) is 39.3 Å². The van der Waals surface area contributed by atoms with E-state index in [4.69, 9.17) is 47.4 Å².